The van der Waals surface area contributed by atoms with E-state index < -0.39 is 5.97 Å². The van der Waals surface area contributed by atoms with Gasteiger partial charge >= 0.3 is 5.97 Å². The minimum Gasteiger partial charge on any atom is -0.460 e. The monoisotopic (exact) mass is 393 g/mol. The third-order valence-electron chi connectivity index (χ3n) is 6.05. The highest BCUT2D eigenvalue weighted by molar-refractivity contribution is 5.90. The standard InChI is InChI=1S/C24H27NO4/c1-23(2)9-10-24(3,4)18-14-20-19(13-17(18)23)25-21(29-20)15-5-7-16(8-6-15)22(27)28-12-11-26/h5-8,13-14,26H,9-12H2,1-4H3. The third-order valence-corrected chi connectivity index (χ3v) is 6.05. The van der Waals surface area contributed by atoms with E-state index in [2.05, 4.69) is 39.8 Å². The third kappa shape index (κ3) is 3.55. The van der Waals surface area contributed by atoms with Crippen LogP contribution in [0.4, 0.5) is 0 Å². The van der Waals surface area contributed by atoms with Crippen LogP contribution in [0.5, 0.6) is 0 Å². The first-order valence-corrected chi connectivity index (χ1v) is 10.1. The van der Waals surface area contributed by atoms with E-state index in [4.69, 9.17) is 19.2 Å². The average molecular weight is 393 g/mol. The molecule has 0 bridgehead atoms. The number of hydrogen-bond acceptors (Lipinski definition) is 5. The van der Waals surface area contributed by atoms with Crippen molar-refractivity contribution in [2.24, 2.45) is 0 Å². The lowest BCUT2D eigenvalue weighted by Gasteiger charge is -2.41. The number of hydrogen-bond donors (Lipinski definition) is 1. The number of aliphatic hydroxyl groups is 1. The zero-order valence-corrected chi connectivity index (χ0v) is 17.4. The van der Waals surface area contributed by atoms with Crippen molar-refractivity contribution in [2.75, 3.05) is 13.2 Å². The molecule has 0 saturated carbocycles. The van der Waals surface area contributed by atoms with Crippen LogP contribution in [-0.2, 0) is 15.6 Å². The number of benzene rings is 2. The Morgan fingerprint density at radius 2 is 1.69 bits per heavy atom. The van der Waals surface area contributed by atoms with Gasteiger partial charge in [-0.05, 0) is 71.2 Å². The van der Waals surface area contributed by atoms with Crippen molar-refractivity contribution in [3.63, 3.8) is 0 Å². The van der Waals surface area contributed by atoms with Gasteiger partial charge in [-0.2, -0.15) is 0 Å². The Balaban J connectivity index is 1.71. The van der Waals surface area contributed by atoms with Crippen molar-refractivity contribution < 1.29 is 19.1 Å². The summed E-state index contributed by atoms with van der Waals surface area (Å²) in [5.74, 6) is 0.0773. The second-order valence-corrected chi connectivity index (χ2v) is 9.09. The maximum absolute atomic E-state index is 11.9. The number of esters is 1. The van der Waals surface area contributed by atoms with Gasteiger partial charge in [0, 0.05) is 5.56 Å². The summed E-state index contributed by atoms with van der Waals surface area (Å²) >= 11 is 0. The molecule has 152 valence electrons. The Labute approximate surface area is 170 Å². The summed E-state index contributed by atoms with van der Waals surface area (Å²) in [6.07, 6.45) is 2.30. The zero-order chi connectivity index (χ0) is 20.8. The average Bonchev–Trinajstić information content (AvgIpc) is 3.12. The largest absolute Gasteiger partial charge is 0.460 e. The second kappa shape index (κ2) is 6.99. The fourth-order valence-corrected chi connectivity index (χ4v) is 4.08. The molecule has 0 aliphatic heterocycles. The van der Waals surface area contributed by atoms with Gasteiger partial charge < -0.3 is 14.3 Å². The maximum Gasteiger partial charge on any atom is 0.338 e. The van der Waals surface area contributed by atoms with Crippen molar-refractivity contribution in [3.8, 4) is 11.5 Å². The van der Waals surface area contributed by atoms with Gasteiger partial charge in [0.15, 0.2) is 5.58 Å². The number of carbonyl (C=O) groups is 1. The minimum absolute atomic E-state index is 0.0108. The lowest BCUT2D eigenvalue weighted by atomic mass is 9.63. The van der Waals surface area contributed by atoms with E-state index in [9.17, 15) is 4.79 Å². The van der Waals surface area contributed by atoms with Crippen LogP contribution in [0.2, 0.25) is 0 Å². The van der Waals surface area contributed by atoms with E-state index in [-0.39, 0.29) is 24.0 Å². The van der Waals surface area contributed by atoms with Crippen molar-refractivity contribution in [1.29, 1.82) is 0 Å². The molecule has 0 atom stereocenters. The smallest absolute Gasteiger partial charge is 0.338 e. The maximum atomic E-state index is 11.9. The molecule has 0 amide bonds. The quantitative estimate of drug-likeness (QED) is 0.632. The van der Waals surface area contributed by atoms with Crippen LogP contribution < -0.4 is 0 Å². The van der Waals surface area contributed by atoms with Crippen LogP contribution in [0.1, 0.15) is 62.0 Å². The molecule has 5 nitrogen and oxygen atoms in total. The zero-order valence-electron chi connectivity index (χ0n) is 17.4. The summed E-state index contributed by atoms with van der Waals surface area (Å²) in [7, 11) is 0. The molecule has 1 aliphatic carbocycles. The van der Waals surface area contributed by atoms with Crippen LogP contribution in [-0.4, -0.2) is 29.3 Å². The number of aromatic nitrogens is 1. The number of carbonyl (C=O) groups excluding carboxylic acids is 1. The van der Waals surface area contributed by atoms with Gasteiger partial charge in [-0.1, -0.05) is 27.7 Å². The Morgan fingerprint density at radius 1 is 1.07 bits per heavy atom. The lowest BCUT2D eigenvalue weighted by Crippen LogP contribution is -2.33. The van der Waals surface area contributed by atoms with Gasteiger partial charge in [0.05, 0.1) is 12.2 Å². The van der Waals surface area contributed by atoms with Gasteiger partial charge in [-0.15, -0.1) is 0 Å². The van der Waals surface area contributed by atoms with Crippen LogP contribution in [0.3, 0.4) is 0 Å². The topological polar surface area (TPSA) is 72.6 Å². The summed E-state index contributed by atoms with van der Waals surface area (Å²) in [6.45, 7) is 8.97. The first kappa shape index (κ1) is 19.6. The van der Waals surface area contributed by atoms with E-state index in [0.29, 0.717) is 11.5 Å². The minimum atomic E-state index is -0.458. The van der Waals surface area contributed by atoms with E-state index in [1.165, 1.54) is 11.1 Å². The van der Waals surface area contributed by atoms with Crippen LogP contribution in [0.25, 0.3) is 22.6 Å². The molecule has 0 saturated heterocycles. The molecule has 1 N–H and O–H groups in total. The van der Waals surface area contributed by atoms with Crippen LogP contribution in [0.15, 0.2) is 40.8 Å². The van der Waals surface area contributed by atoms with E-state index in [1.807, 2.05) is 0 Å². The normalized spacial score (nSPS) is 17.1. The first-order chi connectivity index (χ1) is 13.7. The number of aliphatic hydroxyl groups excluding tert-OH is 1. The highest BCUT2D eigenvalue weighted by atomic mass is 16.5. The van der Waals surface area contributed by atoms with E-state index >= 15 is 0 Å². The number of fused-ring (bicyclic) bond motifs is 2. The fraction of sp³-hybridized carbons (Fsp3) is 0.417. The predicted molar refractivity (Wildman–Crippen MR) is 112 cm³/mol. The molecule has 1 heterocycles. The van der Waals surface area contributed by atoms with Gasteiger partial charge in [0.2, 0.25) is 5.89 Å². The lowest BCUT2D eigenvalue weighted by molar-refractivity contribution is 0.0434. The number of oxazole rings is 1. The van der Waals surface area contributed by atoms with Gasteiger partial charge in [0.1, 0.15) is 12.1 Å². The predicted octanol–water partition coefficient (Wildman–Crippen LogP) is 4.99. The fourth-order valence-electron chi connectivity index (χ4n) is 4.08. The van der Waals surface area contributed by atoms with Crippen molar-refractivity contribution in [3.05, 3.63) is 53.1 Å². The summed E-state index contributed by atoms with van der Waals surface area (Å²) in [6, 6.07) is 11.3. The molecule has 1 aromatic heterocycles. The molecule has 0 spiro atoms. The SMILES string of the molecule is CC1(C)CCC(C)(C)c2cc3oc(-c4ccc(C(=O)OCCO)cc4)nc3cc21. The van der Waals surface area contributed by atoms with Gasteiger partial charge in [-0.25, -0.2) is 9.78 Å². The van der Waals surface area contributed by atoms with Crippen LogP contribution in [0, 0.1) is 0 Å². The molecule has 4 rings (SSSR count). The molecule has 2 aromatic carbocycles. The summed E-state index contributed by atoms with van der Waals surface area (Å²) in [5, 5.41) is 8.77. The summed E-state index contributed by atoms with van der Waals surface area (Å²) in [4.78, 5) is 16.6. The second-order valence-electron chi connectivity index (χ2n) is 9.09. The van der Waals surface area contributed by atoms with E-state index in [0.717, 1.165) is 29.5 Å². The Morgan fingerprint density at radius 3 is 2.31 bits per heavy atom. The molecule has 0 unspecified atom stereocenters. The molecule has 0 radical (unpaired) electrons. The van der Waals surface area contributed by atoms with Crippen molar-refractivity contribution in [1.82, 2.24) is 4.98 Å². The molecule has 3 aromatic rings. The van der Waals surface area contributed by atoms with Crippen LogP contribution >= 0.6 is 0 Å². The molecule has 5 heteroatoms. The molecule has 29 heavy (non-hydrogen) atoms. The Kier molecular flexibility index (Phi) is 4.74. The highest BCUT2D eigenvalue weighted by Crippen LogP contribution is 2.47. The Bertz CT molecular complexity index is 1010. The number of ether oxygens (including phenoxy) is 1. The molecule has 1 aliphatic rings. The Hall–Kier alpha value is -2.66. The summed E-state index contributed by atoms with van der Waals surface area (Å²) < 4.78 is 11.0. The van der Waals surface area contributed by atoms with Gasteiger partial charge in [-0.3, -0.25) is 0 Å². The first-order valence-electron chi connectivity index (χ1n) is 10.1. The van der Waals surface area contributed by atoms with E-state index in [1.54, 1.807) is 24.3 Å². The summed E-state index contributed by atoms with van der Waals surface area (Å²) in [5.41, 5.74) is 5.80. The number of nitrogens with zero attached hydrogens (tertiary/aromatic N) is 1. The number of rotatable bonds is 4. The van der Waals surface area contributed by atoms with Gasteiger partial charge in [0.25, 0.3) is 0 Å². The molecular weight excluding hydrogens is 366 g/mol. The molecule has 0 fully saturated rings. The highest BCUT2D eigenvalue weighted by Gasteiger charge is 2.37. The van der Waals surface area contributed by atoms with Crippen molar-refractivity contribution in [2.45, 2.75) is 51.4 Å². The van der Waals surface area contributed by atoms with Crippen molar-refractivity contribution >= 4 is 17.1 Å². The molecular formula is C24H27NO4.